The van der Waals surface area contributed by atoms with E-state index in [1.807, 2.05) is 51.1 Å². The summed E-state index contributed by atoms with van der Waals surface area (Å²) in [4.78, 5) is 37.3. The van der Waals surface area contributed by atoms with Crippen LogP contribution in [0, 0.1) is 13.8 Å². The summed E-state index contributed by atoms with van der Waals surface area (Å²) in [6.07, 6.45) is 0. The normalized spacial score (nSPS) is 11.4. The highest BCUT2D eigenvalue weighted by Gasteiger charge is 2.21. The molecule has 30 heavy (non-hydrogen) atoms. The number of carbonyl (C=O) groups excluding carboxylic acids is 1. The minimum absolute atomic E-state index is 0.0184. The topological polar surface area (TPSA) is 58.4 Å². The first kappa shape index (κ1) is 22.2. The van der Waals surface area contributed by atoms with Gasteiger partial charge in [0.25, 0.3) is 5.56 Å². The minimum atomic E-state index is -0.124. The summed E-state index contributed by atoms with van der Waals surface area (Å²) in [5.41, 5.74) is 1.67. The molecule has 0 N–H and O–H groups in total. The van der Waals surface area contributed by atoms with Crippen LogP contribution in [0.2, 0.25) is 0 Å². The molecule has 0 unspecified atom stereocenters. The second-order valence-corrected chi connectivity index (χ2v) is 8.52. The number of thiophene rings is 1. The lowest BCUT2D eigenvalue weighted by Gasteiger charge is -2.24. The average molecular weight is 427 g/mol. The van der Waals surface area contributed by atoms with Crippen LogP contribution < -0.4 is 10.5 Å². The van der Waals surface area contributed by atoms with Gasteiger partial charge in [-0.15, -0.1) is 11.3 Å². The van der Waals surface area contributed by atoms with Crippen LogP contribution in [0.5, 0.6) is 0 Å². The summed E-state index contributed by atoms with van der Waals surface area (Å²) in [6.45, 7) is 12.8. The van der Waals surface area contributed by atoms with E-state index in [0.29, 0.717) is 24.3 Å². The van der Waals surface area contributed by atoms with Crippen LogP contribution in [0.1, 0.15) is 37.0 Å². The number of hydrogen-bond donors (Lipinski definition) is 0. The number of benzene rings is 1. The minimum Gasteiger partial charge on any atom is -0.311 e. The van der Waals surface area contributed by atoms with Gasteiger partial charge in [0.05, 0.1) is 11.9 Å². The molecule has 2 aromatic heterocycles. The molecule has 0 radical (unpaired) electrons. The van der Waals surface area contributed by atoms with E-state index in [1.165, 1.54) is 0 Å². The summed E-state index contributed by atoms with van der Waals surface area (Å²) in [7, 11) is 0. The van der Waals surface area contributed by atoms with E-state index < -0.39 is 0 Å². The van der Waals surface area contributed by atoms with Crippen molar-refractivity contribution in [3.8, 4) is 0 Å². The zero-order valence-electron chi connectivity index (χ0n) is 18.4. The molecule has 0 fully saturated rings. The Morgan fingerprint density at radius 1 is 1.07 bits per heavy atom. The predicted octanol–water partition coefficient (Wildman–Crippen LogP) is 3.97. The summed E-state index contributed by atoms with van der Waals surface area (Å²) in [6, 6.07) is 9.57. The number of amides is 1. The zero-order valence-corrected chi connectivity index (χ0v) is 19.3. The number of aryl methyl sites for hydroxylation is 2. The van der Waals surface area contributed by atoms with Gasteiger partial charge in [0, 0.05) is 17.1 Å². The first-order valence-electron chi connectivity index (χ1n) is 10.5. The van der Waals surface area contributed by atoms with Crippen molar-refractivity contribution in [2.24, 2.45) is 0 Å². The van der Waals surface area contributed by atoms with Gasteiger partial charge in [0.15, 0.2) is 0 Å². The lowest BCUT2D eigenvalue weighted by atomic mass is 10.2. The maximum atomic E-state index is 13.5. The fraction of sp³-hybridized carbons (Fsp3) is 0.435. The molecule has 3 rings (SSSR count). The molecule has 0 aliphatic heterocycles. The summed E-state index contributed by atoms with van der Waals surface area (Å²) in [5.74, 6) is 0.535. The Morgan fingerprint density at radius 3 is 2.33 bits per heavy atom. The standard InChI is InChI=1S/C23H30N4O2S/c1-6-25(7-2)14-19-24-22-21(16(4)17(5)30-22)23(29)27(19)15-20(28)26(8-3)18-12-10-9-11-13-18/h9-13H,6-8,14-15H2,1-5H3. The quantitative estimate of drug-likeness (QED) is 0.547. The lowest BCUT2D eigenvalue weighted by molar-refractivity contribution is -0.119. The van der Waals surface area contributed by atoms with E-state index >= 15 is 0 Å². The Hall–Kier alpha value is -2.51. The molecule has 0 saturated heterocycles. The monoisotopic (exact) mass is 426 g/mol. The highest BCUT2D eigenvalue weighted by atomic mass is 32.1. The number of aromatic nitrogens is 2. The zero-order chi connectivity index (χ0) is 21.8. The fourth-order valence-corrected chi connectivity index (χ4v) is 4.67. The van der Waals surface area contributed by atoms with Gasteiger partial charge in [-0.25, -0.2) is 4.98 Å². The molecule has 160 valence electrons. The van der Waals surface area contributed by atoms with Crippen molar-refractivity contribution in [1.29, 1.82) is 0 Å². The second-order valence-electron chi connectivity index (χ2n) is 7.32. The van der Waals surface area contributed by atoms with Gasteiger partial charge in [-0.2, -0.15) is 0 Å². The molecule has 3 aromatic rings. The molecule has 1 aromatic carbocycles. The second kappa shape index (κ2) is 9.53. The molecular formula is C23H30N4O2S. The lowest BCUT2D eigenvalue weighted by Crippen LogP contribution is -2.39. The molecule has 0 aliphatic carbocycles. The Morgan fingerprint density at radius 2 is 1.73 bits per heavy atom. The molecule has 0 spiro atoms. The van der Waals surface area contributed by atoms with Gasteiger partial charge in [-0.1, -0.05) is 32.0 Å². The molecule has 0 bridgehead atoms. The summed E-state index contributed by atoms with van der Waals surface area (Å²) >= 11 is 1.55. The predicted molar refractivity (Wildman–Crippen MR) is 124 cm³/mol. The maximum absolute atomic E-state index is 13.5. The Labute approximate surface area is 181 Å². The maximum Gasteiger partial charge on any atom is 0.263 e. The van der Waals surface area contributed by atoms with Crippen LogP contribution >= 0.6 is 11.3 Å². The third kappa shape index (κ3) is 4.32. The molecule has 0 aliphatic rings. The van der Waals surface area contributed by atoms with Crippen LogP contribution in [0.3, 0.4) is 0 Å². The van der Waals surface area contributed by atoms with Gasteiger partial charge in [0.2, 0.25) is 5.91 Å². The SMILES string of the molecule is CCN(CC)Cc1nc2sc(C)c(C)c2c(=O)n1CC(=O)N(CC)c1ccccc1. The van der Waals surface area contributed by atoms with E-state index in [9.17, 15) is 9.59 Å². The van der Waals surface area contributed by atoms with Crippen molar-refractivity contribution in [1.82, 2.24) is 14.5 Å². The molecule has 1 amide bonds. The van der Waals surface area contributed by atoms with E-state index in [1.54, 1.807) is 20.8 Å². The number of nitrogens with zero attached hydrogens (tertiary/aromatic N) is 4. The molecular weight excluding hydrogens is 396 g/mol. The van der Waals surface area contributed by atoms with E-state index in [0.717, 1.165) is 34.0 Å². The van der Waals surface area contributed by atoms with Gasteiger partial charge >= 0.3 is 0 Å². The van der Waals surface area contributed by atoms with Gasteiger partial charge in [-0.3, -0.25) is 19.1 Å². The molecule has 7 heteroatoms. The largest absolute Gasteiger partial charge is 0.311 e. The Balaban J connectivity index is 2.07. The van der Waals surface area contributed by atoms with Gasteiger partial charge in [-0.05, 0) is 51.6 Å². The van der Waals surface area contributed by atoms with Gasteiger partial charge < -0.3 is 4.90 Å². The van der Waals surface area contributed by atoms with E-state index in [2.05, 4.69) is 18.7 Å². The van der Waals surface area contributed by atoms with E-state index in [4.69, 9.17) is 4.98 Å². The number of carbonyl (C=O) groups is 1. The van der Waals surface area contributed by atoms with Crippen molar-refractivity contribution < 1.29 is 4.79 Å². The van der Waals surface area contributed by atoms with Crippen LogP contribution in [0.4, 0.5) is 5.69 Å². The number of likely N-dealkylation sites (N-methyl/N-ethyl adjacent to an activating group) is 1. The van der Waals surface area contributed by atoms with Gasteiger partial charge in [0.1, 0.15) is 17.2 Å². The number of anilines is 1. The van der Waals surface area contributed by atoms with E-state index in [-0.39, 0.29) is 18.0 Å². The van der Waals surface area contributed by atoms with Crippen LogP contribution in [0.25, 0.3) is 10.2 Å². The van der Waals surface area contributed by atoms with Crippen molar-refractivity contribution >= 4 is 33.1 Å². The molecule has 0 atom stereocenters. The highest BCUT2D eigenvalue weighted by molar-refractivity contribution is 7.18. The fourth-order valence-electron chi connectivity index (χ4n) is 3.63. The number of fused-ring (bicyclic) bond motifs is 1. The van der Waals surface area contributed by atoms with Crippen molar-refractivity contribution in [2.45, 2.75) is 47.7 Å². The smallest absolute Gasteiger partial charge is 0.263 e. The number of hydrogen-bond acceptors (Lipinski definition) is 5. The highest BCUT2D eigenvalue weighted by Crippen LogP contribution is 2.26. The third-order valence-electron chi connectivity index (χ3n) is 5.61. The molecule has 6 nitrogen and oxygen atoms in total. The Bertz CT molecular complexity index is 1080. The van der Waals surface area contributed by atoms with Crippen LogP contribution in [-0.4, -0.2) is 40.0 Å². The summed E-state index contributed by atoms with van der Waals surface area (Å²) in [5, 5.41) is 0.636. The molecule has 2 heterocycles. The van der Waals surface area contributed by atoms with Crippen molar-refractivity contribution in [3.05, 3.63) is 57.0 Å². The van der Waals surface area contributed by atoms with Crippen molar-refractivity contribution in [2.75, 3.05) is 24.5 Å². The first-order chi connectivity index (χ1) is 14.4. The number of para-hydroxylation sites is 1. The first-order valence-corrected chi connectivity index (χ1v) is 11.3. The van der Waals surface area contributed by atoms with Crippen molar-refractivity contribution in [3.63, 3.8) is 0 Å². The average Bonchev–Trinajstić information content (AvgIpc) is 3.03. The number of rotatable bonds is 8. The Kier molecular flexibility index (Phi) is 7.05. The van der Waals surface area contributed by atoms with Crippen LogP contribution in [-0.2, 0) is 17.9 Å². The third-order valence-corrected chi connectivity index (χ3v) is 6.71. The molecule has 0 saturated carbocycles. The van der Waals surface area contributed by atoms with Crippen LogP contribution in [0.15, 0.2) is 35.1 Å². The summed E-state index contributed by atoms with van der Waals surface area (Å²) < 4.78 is 1.58.